The van der Waals surface area contributed by atoms with Crippen LogP contribution >= 0.6 is 0 Å². The van der Waals surface area contributed by atoms with Crippen LogP contribution in [-0.4, -0.2) is 40.3 Å². The third-order valence-corrected chi connectivity index (χ3v) is 1.82. The lowest BCUT2D eigenvalue weighted by Crippen LogP contribution is -2.43. The van der Waals surface area contributed by atoms with Gasteiger partial charge in [-0.05, 0) is 27.2 Å². The maximum atomic E-state index is 11.3. The number of hydrogen-bond acceptors (Lipinski definition) is 5. The van der Waals surface area contributed by atoms with Gasteiger partial charge in [0.05, 0.1) is 0 Å². The number of rotatable bonds is 6. The molecule has 0 aromatic carbocycles. The average molecular weight is 262 g/mol. The van der Waals surface area contributed by atoms with E-state index in [1.165, 1.54) is 0 Å². The van der Waals surface area contributed by atoms with Crippen LogP contribution in [0.1, 0.15) is 33.6 Å². The molecular formula is C10H18N2O6. The second kappa shape index (κ2) is 6.77. The van der Waals surface area contributed by atoms with Crippen molar-refractivity contribution in [2.24, 2.45) is 0 Å². The standard InChI is InChI=1S/C10H18N2O6/c1-10(2,3)18-9(15)11-7(8(13)14)5-4-6-12(16)17/h7H,4-6H2,1-3H3,(H,11,15)(H,13,14)/t7-/m0/s1. The van der Waals surface area contributed by atoms with Crippen molar-refractivity contribution in [1.29, 1.82) is 0 Å². The maximum absolute atomic E-state index is 11.3. The molecule has 0 aliphatic heterocycles. The number of carbonyl (C=O) groups excluding carboxylic acids is 1. The fraction of sp³-hybridized carbons (Fsp3) is 0.800. The van der Waals surface area contributed by atoms with Crippen LogP contribution in [0.2, 0.25) is 0 Å². The van der Waals surface area contributed by atoms with Gasteiger partial charge in [-0.2, -0.15) is 0 Å². The molecule has 104 valence electrons. The van der Waals surface area contributed by atoms with Crippen molar-refractivity contribution >= 4 is 12.1 Å². The SMILES string of the molecule is CC(C)(C)OC(=O)N[C@@H](CCC[N+](=O)[O-])C(=O)O. The van der Waals surface area contributed by atoms with E-state index in [0.717, 1.165) is 0 Å². The van der Waals surface area contributed by atoms with Gasteiger partial charge in [0.2, 0.25) is 6.54 Å². The van der Waals surface area contributed by atoms with Gasteiger partial charge in [0, 0.05) is 11.3 Å². The second-order valence-electron chi connectivity index (χ2n) is 4.74. The minimum Gasteiger partial charge on any atom is -0.480 e. The summed E-state index contributed by atoms with van der Waals surface area (Å²) >= 11 is 0. The molecule has 1 amide bonds. The minimum absolute atomic E-state index is 0.0183. The Kier molecular flexibility index (Phi) is 6.07. The molecule has 18 heavy (non-hydrogen) atoms. The van der Waals surface area contributed by atoms with E-state index in [0.29, 0.717) is 0 Å². The first kappa shape index (κ1) is 16.1. The third-order valence-electron chi connectivity index (χ3n) is 1.82. The first-order valence-corrected chi connectivity index (χ1v) is 5.46. The molecule has 0 heterocycles. The monoisotopic (exact) mass is 262 g/mol. The average Bonchev–Trinajstić information content (AvgIpc) is 2.12. The number of hydrogen-bond donors (Lipinski definition) is 2. The number of carboxylic acids is 1. The number of aliphatic carboxylic acids is 1. The lowest BCUT2D eigenvalue weighted by molar-refractivity contribution is -0.480. The molecule has 0 aromatic rings. The predicted molar refractivity (Wildman–Crippen MR) is 61.9 cm³/mol. The van der Waals surface area contributed by atoms with Gasteiger partial charge in [0.25, 0.3) is 0 Å². The van der Waals surface area contributed by atoms with Crippen LogP contribution in [0.25, 0.3) is 0 Å². The lowest BCUT2D eigenvalue weighted by atomic mass is 10.1. The van der Waals surface area contributed by atoms with Gasteiger partial charge in [0.15, 0.2) is 0 Å². The van der Waals surface area contributed by atoms with E-state index in [1.54, 1.807) is 20.8 Å². The zero-order valence-electron chi connectivity index (χ0n) is 10.6. The Balaban J connectivity index is 4.23. The number of alkyl carbamates (subject to hydrolysis) is 1. The number of nitrogens with zero attached hydrogens (tertiary/aromatic N) is 1. The molecule has 0 aliphatic carbocycles. The van der Waals surface area contributed by atoms with E-state index < -0.39 is 28.6 Å². The van der Waals surface area contributed by atoms with Crippen molar-refractivity contribution in [2.75, 3.05) is 6.54 Å². The van der Waals surface area contributed by atoms with E-state index >= 15 is 0 Å². The third kappa shape index (κ3) is 8.31. The highest BCUT2D eigenvalue weighted by atomic mass is 16.6. The zero-order chi connectivity index (χ0) is 14.3. The Morgan fingerprint density at radius 3 is 2.39 bits per heavy atom. The van der Waals surface area contributed by atoms with Crippen molar-refractivity contribution in [2.45, 2.75) is 45.3 Å². The molecule has 0 bridgehead atoms. The fourth-order valence-electron chi connectivity index (χ4n) is 1.13. The van der Waals surface area contributed by atoms with Gasteiger partial charge in [-0.3, -0.25) is 10.1 Å². The summed E-state index contributed by atoms with van der Waals surface area (Å²) in [6, 6.07) is -1.18. The van der Waals surface area contributed by atoms with Crippen molar-refractivity contribution < 1.29 is 24.4 Å². The summed E-state index contributed by atoms with van der Waals surface area (Å²) in [5, 5.41) is 21.1. The molecule has 8 nitrogen and oxygen atoms in total. The van der Waals surface area contributed by atoms with Crippen LogP contribution in [0.4, 0.5) is 4.79 Å². The van der Waals surface area contributed by atoms with E-state index in [2.05, 4.69) is 5.32 Å². The van der Waals surface area contributed by atoms with Crippen molar-refractivity contribution in [1.82, 2.24) is 5.32 Å². The maximum Gasteiger partial charge on any atom is 0.408 e. The predicted octanol–water partition coefficient (Wildman–Crippen LogP) is 1.02. The highest BCUT2D eigenvalue weighted by molar-refractivity contribution is 5.79. The minimum atomic E-state index is -1.25. The second-order valence-corrected chi connectivity index (χ2v) is 4.74. The molecule has 0 aliphatic rings. The van der Waals surface area contributed by atoms with Crippen LogP contribution in [-0.2, 0) is 9.53 Å². The van der Waals surface area contributed by atoms with Crippen LogP contribution in [0.15, 0.2) is 0 Å². The molecule has 0 radical (unpaired) electrons. The van der Waals surface area contributed by atoms with Gasteiger partial charge < -0.3 is 15.2 Å². The van der Waals surface area contributed by atoms with Crippen molar-refractivity contribution in [3.05, 3.63) is 10.1 Å². The number of carbonyl (C=O) groups is 2. The van der Waals surface area contributed by atoms with E-state index in [4.69, 9.17) is 9.84 Å². The molecule has 0 saturated carbocycles. The summed E-state index contributed by atoms with van der Waals surface area (Å²) in [6.07, 6.45) is -0.800. The molecule has 8 heteroatoms. The first-order chi connectivity index (χ1) is 8.11. The number of amides is 1. The van der Waals surface area contributed by atoms with Crippen LogP contribution in [0.3, 0.4) is 0 Å². The molecule has 0 rings (SSSR count). The Bertz CT molecular complexity index is 323. The summed E-state index contributed by atoms with van der Waals surface area (Å²) in [4.78, 5) is 31.7. The van der Waals surface area contributed by atoms with Gasteiger partial charge in [-0.15, -0.1) is 0 Å². The molecule has 1 atom stereocenters. The Hall–Kier alpha value is -1.86. The topological polar surface area (TPSA) is 119 Å². The molecule has 2 N–H and O–H groups in total. The number of ether oxygens (including phenoxy) is 1. The molecule has 0 spiro atoms. The summed E-state index contributed by atoms with van der Waals surface area (Å²) in [5.74, 6) is -1.25. The summed E-state index contributed by atoms with van der Waals surface area (Å²) < 4.78 is 4.90. The molecule has 0 unspecified atom stereocenters. The Morgan fingerprint density at radius 2 is 2.00 bits per heavy atom. The Labute approximate surface area is 104 Å². The summed E-state index contributed by atoms with van der Waals surface area (Å²) in [6.45, 7) is 4.61. The zero-order valence-corrected chi connectivity index (χ0v) is 10.6. The molecule has 0 fully saturated rings. The van der Waals surface area contributed by atoms with Crippen LogP contribution < -0.4 is 5.32 Å². The van der Waals surface area contributed by atoms with E-state index in [-0.39, 0.29) is 19.4 Å². The summed E-state index contributed by atoms with van der Waals surface area (Å²) in [7, 11) is 0. The first-order valence-electron chi connectivity index (χ1n) is 5.46. The van der Waals surface area contributed by atoms with Crippen LogP contribution in [0, 0.1) is 10.1 Å². The quantitative estimate of drug-likeness (QED) is 0.545. The van der Waals surface area contributed by atoms with Crippen LogP contribution in [0.5, 0.6) is 0 Å². The lowest BCUT2D eigenvalue weighted by Gasteiger charge is -2.21. The van der Waals surface area contributed by atoms with Gasteiger partial charge in [-0.25, -0.2) is 9.59 Å². The van der Waals surface area contributed by atoms with Gasteiger partial charge in [0.1, 0.15) is 11.6 Å². The molecule has 0 saturated heterocycles. The van der Waals surface area contributed by atoms with Crippen molar-refractivity contribution in [3.63, 3.8) is 0 Å². The smallest absolute Gasteiger partial charge is 0.408 e. The van der Waals surface area contributed by atoms with E-state index in [9.17, 15) is 19.7 Å². The summed E-state index contributed by atoms with van der Waals surface area (Å²) in [5.41, 5.74) is -0.728. The normalized spacial score (nSPS) is 12.6. The number of nitro groups is 1. The van der Waals surface area contributed by atoms with Gasteiger partial charge >= 0.3 is 12.1 Å². The highest BCUT2D eigenvalue weighted by Crippen LogP contribution is 2.07. The largest absolute Gasteiger partial charge is 0.480 e. The number of nitrogens with one attached hydrogen (secondary N) is 1. The number of carboxylic acid groups (broad SMARTS) is 1. The fourth-order valence-corrected chi connectivity index (χ4v) is 1.13. The van der Waals surface area contributed by atoms with Crippen molar-refractivity contribution in [3.8, 4) is 0 Å². The van der Waals surface area contributed by atoms with Gasteiger partial charge in [-0.1, -0.05) is 0 Å². The van der Waals surface area contributed by atoms with E-state index in [1.807, 2.05) is 0 Å². The highest BCUT2D eigenvalue weighted by Gasteiger charge is 2.23. The molecule has 0 aromatic heterocycles. The molecular weight excluding hydrogens is 244 g/mol. The Morgan fingerprint density at radius 1 is 1.44 bits per heavy atom.